The Morgan fingerprint density at radius 3 is 3.00 bits per heavy atom. The minimum Gasteiger partial charge on any atom is -0.375 e. The summed E-state index contributed by atoms with van der Waals surface area (Å²) in [6.07, 6.45) is 2.37. The molecule has 82 valence electrons. The van der Waals surface area contributed by atoms with Crippen molar-refractivity contribution in [2.24, 2.45) is 5.92 Å². The topological polar surface area (TPSA) is 68.5 Å². The van der Waals surface area contributed by atoms with Crippen LogP contribution in [0.3, 0.4) is 0 Å². The van der Waals surface area contributed by atoms with E-state index in [0.29, 0.717) is 23.5 Å². The Bertz CT molecular complexity index is 362. The molecule has 2 rings (SSSR count). The van der Waals surface area contributed by atoms with Gasteiger partial charge >= 0.3 is 0 Å². The Morgan fingerprint density at radius 1 is 1.80 bits per heavy atom. The molecule has 0 radical (unpaired) electrons. The Labute approximate surface area is 91.8 Å². The van der Waals surface area contributed by atoms with E-state index in [1.165, 1.54) is 36.2 Å². The van der Waals surface area contributed by atoms with Crippen molar-refractivity contribution < 1.29 is 9.63 Å². The van der Waals surface area contributed by atoms with Crippen molar-refractivity contribution in [3.05, 3.63) is 5.38 Å². The summed E-state index contributed by atoms with van der Waals surface area (Å²) in [6.45, 7) is 2.03. The van der Waals surface area contributed by atoms with Gasteiger partial charge in [0.1, 0.15) is 0 Å². The van der Waals surface area contributed by atoms with Gasteiger partial charge < -0.3 is 5.73 Å². The van der Waals surface area contributed by atoms with E-state index in [-0.39, 0.29) is 5.91 Å². The molecular formula is C9H13N3O2S. The molecule has 0 aromatic carbocycles. The highest BCUT2D eigenvalue weighted by atomic mass is 32.1. The van der Waals surface area contributed by atoms with Gasteiger partial charge in [0, 0.05) is 12.3 Å². The molecule has 0 spiro atoms. The second-order valence-electron chi connectivity index (χ2n) is 3.60. The van der Waals surface area contributed by atoms with Crippen molar-refractivity contribution in [2.75, 3.05) is 17.4 Å². The minimum absolute atomic E-state index is 0.180. The fraction of sp³-hybridized carbons (Fsp3) is 0.556. The molecule has 1 aliphatic rings. The molecule has 1 aliphatic carbocycles. The summed E-state index contributed by atoms with van der Waals surface area (Å²) in [7, 11) is 0. The van der Waals surface area contributed by atoms with Crippen LogP contribution in [0.1, 0.15) is 19.8 Å². The first-order chi connectivity index (χ1) is 7.16. The van der Waals surface area contributed by atoms with Crippen LogP contribution in [-0.2, 0) is 9.63 Å². The fourth-order valence-corrected chi connectivity index (χ4v) is 1.68. The van der Waals surface area contributed by atoms with E-state index >= 15 is 0 Å². The number of hydrogen-bond acceptors (Lipinski definition) is 5. The minimum atomic E-state index is -0.180. The lowest BCUT2D eigenvalue weighted by atomic mass is 10.5. The van der Waals surface area contributed by atoms with Crippen LogP contribution in [0, 0.1) is 5.92 Å². The van der Waals surface area contributed by atoms with Gasteiger partial charge in [-0.3, -0.25) is 9.63 Å². The van der Waals surface area contributed by atoms with Crippen molar-refractivity contribution >= 4 is 28.2 Å². The zero-order valence-electron chi connectivity index (χ0n) is 8.47. The molecule has 1 fully saturated rings. The summed E-state index contributed by atoms with van der Waals surface area (Å²) in [4.78, 5) is 20.7. The van der Waals surface area contributed by atoms with E-state index in [2.05, 4.69) is 4.98 Å². The number of amides is 1. The summed E-state index contributed by atoms with van der Waals surface area (Å²) in [6, 6.07) is 0. The van der Waals surface area contributed by atoms with Gasteiger partial charge in [-0.2, -0.15) is 5.06 Å². The van der Waals surface area contributed by atoms with Gasteiger partial charge in [-0.15, -0.1) is 11.3 Å². The smallest absolute Gasteiger partial charge is 0.249 e. The summed E-state index contributed by atoms with van der Waals surface area (Å²) in [5.74, 6) is 0.898. The maximum absolute atomic E-state index is 11.3. The Morgan fingerprint density at radius 2 is 2.53 bits per heavy atom. The Hall–Kier alpha value is -1.14. The van der Waals surface area contributed by atoms with Crippen LogP contribution in [0.5, 0.6) is 0 Å². The number of carbonyl (C=O) groups excluding carboxylic acids is 1. The second kappa shape index (κ2) is 4.16. The summed E-state index contributed by atoms with van der Waals surface area (Å²) in [5.41, 5.74) is 5.50. The highest BCUT2D eigenvalue weighted by molar-refractivity contribution is 7.13. The standard InChI is InChI=1S/C9H13N3O2S/c1-6(13)12(14-4-7-2-3-7)8-5-15-9(10)11-8/h5,7H,2-4H2,1H3,(H2,10,11). The molecule has 0 saturated heterocycles. The van der Waals surface area contributed by atoms with E-state index in [0.717, 1.165) is 0 Å². The molecule has 6 heteroatoms. The van der Waals surface area contributed by atoms with Crippen LogP contribution >= 0.6 is 11.3 Å². The molecule has 1 amide bonds. The number of nitrogens with two attached hydrogens (primary N) is 1. The molecule has 0 bridgehead atoms. The van der Waals surface area contributed by atoms with Gasteiger partial charge in [0.05, 0.1) is 6.61 Å². The van der Waals surface area contributed by atoms with E-state index in [9.17, 15) is 4.79 Å². The van der Waals surface area contributed by atoms with Gasteiger partial charge in [0.25, 0.3) is 0 Å². The van der Waals surface area contributed by atoms with Crippen molar-refractivity contribution in [2.45, 2.75) is 19.8 Å². The Kier molecular flexibility index (Phi) is 2.88. The molecule has 1 aromatic heterocycles. The number of anilines is 2. The lowest BCUT2D eigenvalue weighted by Gasteiger charge is -2.17. The third-order valence-electron chi connectivity index (χ3n) is 2.14. The molecule has 0 unspecified atom stereocenters. The van der Waals surface area contributed by atoms with E-state index < -0.39 is 0 Å². The number of aromatic nitrogens is 1. The zero-order valence-corrected chi connectivity index (χ0v) is 9.29. The number of rotatable bonds is 4. The molecular weight excluding hydrogens is 214 g/mol. The number of nitrogens with zero attached hydrogens (tertiary/aromatic N) is 2. The van der Waals surface area contributed by atoms with Crippen molar-refractivity contribution in [1.82, 2.24) is 4.98 Å². The third kappa shape index (κ3) is 2.66. The van der Waals surface area contributed by atoms with Crippen molar-refractivity contribution in [3.8, 4) is 0 Å². The highest BCUT2D eigenvalue weighted by Gasteiger charge is 2.25. The number of carbonyl (C=O) groups is 1. The molecule has 1 heterocycles. The van der Waals surface area contributed by atoms with E-state index in [4.69, 9.17) is 10.6 Å². The maximum Gasteiger partial charge on any atom is 0.249 e. The second-order valence-corrected chi connectivity index (χ2v) is 4.49. The molecule has 5 nitrogen and oxygen atoms in total. The van der Waals surface area contributed by atoms with Gasteiger partial charge in [-0.1, -0.05) is 0 Å². The first-order valence-electron chi connectivity index (χ1n) is 4.81. The maximum atomic E-state index is 11.3. The van der Waals surface area contributed by atoms with Crippen LogP contribution in [0.2, 0.25) is 0 Å². The first kappa shape index (κ1) is 10.4. The van der Waals surface area contributed by atoms with Crippen LogP contribution in [-0.4, -0.2) is 17.5 Å². The lowest BCUT2D eigenvalue weighted by Crippen LogP contribution is -2.29. The predicted octanol–water partition coefficient (Wildman–Crippen LogP) is 1.42. The largest absolute Gasteiger partial charge is 0.375 e. The van der Waals surface area contributed by atoms with Crippen LogP contribution in [0.25, 0.3) is 0 Å². The van der Waals surface area contributed by atoms with Gasteiger partial charge in [-0.25, -0.2) is 4.98 Å². The number of nitrogen functional groups attached to an aromatic ring is 1. The molecule has 15 heavy (non-hydrogen) atoms. The summed E-state index contributed by atoms with van der Waals surface area (Å²) >= 11 is 1.29. The lowest BCUT2D eigenvalue weighted by molar-refractivity contribution is -0.124. The molecule has 0 aliphatic heterocycles. The van der Waals surface area contributed by atoms with E-state index in [1.54, 1.807) is 5.38 Å². The molecule has 1 saturated carbocycles. The predicted molar refractivity (Wildman–Crippen MR) is 58.4 cm³/mol. The average Bonchev–Trinajstić information content (AvgIpc) is 2.89. The molecule has 2 N–H and O–H groups in total. The quantitative estimate of drug-likeness (QED) is 0.790. The summed E-state index contributed by atoms with van der Waals surface area (Å²) < 4.78 is 0. The zero-order chi connectivity index (χ0) is 10.8. The fourth-order valence-electron chi connectivity index (χ4n) is 1.15. The monoisotopic (exact) mass is 227 g/mol. The summed E-state index contributed by atoms with van der Waals surface area (Å²) in [5, 5.41) is 3.36. The molecule has 1 aromatic rings. The van der Waals surface area contributed by atoms with Gasteiger partial charge in [0.15, 0.2) is 10.9 Å². The van der Waals surface area contributed by atoms with Crippen LogP contribution in [0.4, 0.5) is 10.9 Å². The van der Waals surface area contributed by atoms with Crippen molar-refractivity contribution in [1.29, 1.82) is 0 Å². The number of thiazole rings is 1. The average molecular weight is 227 g/mol. The number of hydrogen-bond donors (Lipinski definition) is 1. The van der Waals surface area contributed by atoms with Crippen molar-refractivity contribution in [3.63, 3.8) is 0 Å². The van der Waals surface area contributed by atoms with E-state index in [1.807, 2.05) is 0 Å². The third-order valence-corrected chi connectivity index (χ3v) is 2.80. The van der Waals surface area contributed by atoms with Gasteiger partial charge in [-0.05, 0) is 18.8 Å². The molecule has 0 atom stereocenters. The van der Waals surface area contributed by atoms with Gasteiger partial charge in [0.2, 0.25) is 5.91 Å². The van der Waals surface area contributed by atoms with Crippen LogP contribution in [0.15, 0.2) is 5.38 Å². The van der Waals surface area contributed by atoms with Crippen LogP contribution < -0.4 is 10.8 Å². The Balaban J connectivity index is 2.01. The first-order valence-corrected chi connectivity index (χ1v) is 5.69. The highest BCUT2D eigenvalue weighted by Crippen LogP contribution is 2.30. The number of hydroxylamine groups is 1. The SMILES string of the molecule is CC(=O)N(OCC1CC1)c1csc(N)n1. The normalized spacial score (nSPS) is 15.3.